The quantitative estimate of drug-likeness (QED) is 0.860. The summed E-state index contributed by atoms with van der Waals surface area (Å²) < 4.78 is 11.4. The van der Waals surface area contributed by atoms with Crippen LogP contribution in [0.15, 0.2) is 36.4 Å². The van der Waals surface area contributed by atoms with Crippen LogP contribution < -0.4 is 24.2 Å². The Morgan fingerprint density at radius 2 is 1.29 bits per heavy atom. The van der Waals surface area contributed by atoms with Crippen molar-refractivity contribution in [3.63, 3.8) is 0 Å². The van der Waals surface area contributed by atoms with Gasteiger partial charge in [0, 0.05) is 46.0 Å². The van der Waals surface area contributed by atoms with Gasteiger partial charge in [-0.25, -0.2) is 0 Å². The topological polar surface area (TPSA) is 28.2 Å². The summed E-state index contributed by atoms with van der Waals surface area (Å²) in [4.78, 5) is 6.38. The number of nitrogens with zero attached hydrogens (tertiary/aromatic N) is 3. The van der Waals surface area contributed by atoms with Gasteiger partial charge >= 0.3 is 0 Å². The van der Waals surface area contributed by atoms with E-state index in [-0.39, 0.29) is 0 Å². The first-order valence-electron chi connectivity index (χ1n) is 7.86. The summed E-state index contributed by atoms with van der Waals surface area (Å²) in [6, 6.07) is 12.4. The fourth-order valence-corrected chi connectivity index (χ4v) is 3.20. The van der Waals surface area contributed by atoms with Gasteiger partial charge < -0.3 is 24.2 Å². The lowest BCUT2D eigenvalue weighted by molar-refractivity contribution is 0.387. The highest BCUT2D eigenvalue weighted by atomic mass is 16.5. The van der Waals surface area contributed by atoms with E-state index in [4.69, 9.17) is 9.47 Å². The smallest absolute Gasteiger partial charge is 0.194 e. The van der Waals surface area contributed by atoms with Gasteiger partial charge in [0.25, 0.3) is 0 Å². The Labute approximate surface area is 144 Å². The lowest BCUT2D eigenvalue weighted by Crippen LogP contribution is -2.32. The second-order valence-corrected chi connectivity index (χ2v) is 6.05. The summed E-state index contributed by atoms with van der Waals surface area (Å²) in [5.74, 6) is 1.58. The number of fused-ring (bicyclic) bond motifs is 1. The number of methoxy groups -OCH3 is 2. The Kier molecular flexibility index (Phi) is 4.18. The first-order chi connectivity index (χ1) is 11.5. The van der Waals surface area contributed by atoms with Crippen LogP contribution in [0.5, 0.6) is 11.5 Å². The van der Waals surface area contributed by atoms with Crippen LogP contribution in [0.3, 0.4) is 0 Å². The molecule has 0 aliphatic carbocycles. The van der Waals surface area contributed by atoms with Crippen molar-refractivity contribution in [3.8, 4) is 11.5 Å². The summed E-state index contributed by atoms with van der Waals surface area (Å²) in [5, 5.41) is 0. The van der Waals surface area contributed by atoms with Crippen molar-refractivity contribution >= 4 is 17.1 Å². The van der Waals surface area contributed by atoms with Gasteiger partial charge in [-0.3, -0.25) is 0 Å². The molecule has 0 spiro atoms. The van der Waals surface area contributed by atoms with Crippen molar-refractivity contribution < 1.29 is 9.47 Å². The molecule has 1 radical (unpaired) electrons. The van der Waals surface area contributed by atoms with Crippen LogP contribution in [-0.2, 0) is 0 Å². The normalized spacial score (nSPS) is 13.9. The third-order valence-corrected chi connectivity index (χ3v) is 4.47. The molecule has 0 saturated heterocycles. The van der Waals surface area contributed by atoms with Crippen molar-refractivity contribution in [1.82, 2.24) is 0 Å². The number of hydrogen-bond acceptors (Lipinski definition) is 5. The highest BCUT2D eigenvalue weighted by Crippen LogP contribution is 2.49. The van der Waals surface area contributed by atoms with Gasteiger partial charge in [0.15, 0.2) is 6.17 Å². The minimum atomic E-state index is 0.791. The Bertz CT molecular complexity index is 691. The maximum absolute atomic E-state index is 5.71. The van der Waals surface area contributed by atoms with Gasteiger partial charge in [0.2, 0.25) is 0 Å². The molecule has 0 amide bonds. The lowest BCUT2D eigenvalue weighted by Gasteiger charge is -2.30. The van der Waals surface area contributed by atoms with Crippen LogP contribution in [0, 0.1) is 6.17 Å². The number of ether oxygens (including phenoxy) is 2. The molecule has 2 aromatic rings. The molecule has 1 aliphatic heterocycles. The predicted octanol–water partition coefficient (Wildman–Crippen LogP) is 3.19. The third kappa shape index (κ3) is 2.40. The molecule has 24 heavy (non-hydrogen) atoms. The molecular formula is C19H24N3O2. The van der Waals surface area contributed by atoms with E-state index in [1.807, 2.05) is 31.1 Å². The highest BCUT2D eigenvalue weighted by Gasteiger charge is 2.38. The molecule has 0 fully saturated rings. The van der Waals surface area contributed by atoms with Gasteiger partial charge in [0.05, 0.1) is 31.2 Å². The van der Waals surface area contributed by atoms with E-state index in [1.54, 1.807) is 14.2 Å². The van der Waals surface area contributed by atoms with E-state index in [0.29, 0.717) is 0 Å². The van der Waals surface area contributed by atoms with E-state index in [9.17, 15) is 0 Å². The predicted molar refractivity (Wildman–Crippen MR) is 99.5 cm³/mol. The monoisotopic (exact) mass is 326 g/mol. The van der Waals surface area contributed by atoms with Crippen molar-refractivity contribution in [2.45, 2.75) is 0 Å². The molecule has 0 bridgehead atoms. The second kappa shape index (κ2) is 6.15. The van der Waals surface area contributed by atoms with Crippen LogP contribution in [0.1, 0.15) is 5.56 Å². The number of anilines is 3. The molecule has 0 saturated carbocycles. The molecule has 0 N–H and O–H groups in total. The van der Waals surface area contributed by atoms with E-state index in [0.717, 1.165) is 40.3 Å². The maximum Gasteiger partial charge on any atom is 0.194 e. The molecule has 5 nitrogen and oxygen atoms in total. The zero-order valence-corrected chi connectivity index (χ0v) is 15.1. The first-order valence-corrected chi connectivity index (χ1v) is 7.86. The Hall–Kier alpha value is -2.56. The second-order valence-electron chi connectivity index (χ2n) is 6.05. The van der Waals surface area contributed by atoms with E-state index < -0.39 is 0 Å². The average molecular weight is 326 g/mol. The van der Waals surface area contributed by atoms with Gasteiger partial charge in [0.1, 0.15) is 11.5 Å². The largest absolute Gasteiger partial charge is 0.496 e. The van der Waals surface area contributed by atoms with Gasteiger partial charge in [-0.2, -0.15) is 0 Å². The van der Waals surface area contributed by atoms with Crippen molar-refractivity contribution in [2.75, 3.05) is 57.1 Å². The van der Waals surface area contributed by atoms with Crippen LogP contribution in [0.4, 0.5) is 17.1 Å². The number of hydrogen-bond donors (Lipinski definition) is 0. The van der Waals surface area contributed by atoms with Crippen LogP contribution in [0.2, 0.25) is 0 Å². The maximum atomic E-state index is 5.71. The van der Waals surface area contributed by atoms with Gasteiger partial charge in [-0.1, -0.05) is 12.1 Å². The standard InChI is InChI=1S/C19H24N3O2/c1-20(2)13-11-16(23-5)18(17(12-13)24-6)19-21(3)14-9-7-8-10-15(14)22(19)4/h7-12H,1-6H3. The Balaban J connectivity index is 2.16. The molecule has 5 heteroatoms. The molecule has 1 heterocycles. The summed E-state index contributed by atoms with van der Waals surface area (Å²) in [6.07, 6.45) is 1.04. The van der Waals surface area contributed by atoms with Gasteiger partial charge in [-0.15, -0.1) is 0 Å². The van der Waals surface area contributed by atoms with E-state index in [1.165, 1.54) is 0 Å². The number of para-hydroxylation sites is 2. The highest BCUT2D eigenvalue weighted by molar-refractivity contribution is 5.84. The average Bonchev–Trinajstić information content (AvgIpc) is 2.85. The zero-order chi connectivity index (χ0) is 17.4. The van der Waals surface area contributed by atoms with Crippen LogP contribution in [0.25, 0.3) is 0 Å². The van der Waals surface area contributed by atoms with Crippen LogP contribution >= 0.6 is 0 Å². The number of rotatable bonds is 4. The molecule has 1 aliphatic rings. The Morgan fingerprint density at radius 1 is 0.833 bits per heavy atom. The van der Waals surface area contributed by atoms with Gasteiger partial charge in [-0.05, 0) is 12.1 Å². The summed E-state index contributed by atoms with van der Waals surface area (Å²) >= 11 is 0. The minimum Gasteiger partial charge on any atom is -0.496 e. The van der Waals surface area contributed by atoms with Crippen molar-refractivity contribution in [2.24, 2.45) is 0 Å². The summed E-state index contributed by atoms with van der Waals surface area (Å²) in [6.45, 7) is 0. The van der Waals surface area contributed by atoms with Crippen molar-refractivity contribution in [1.29, 1.82) is 0 Å². The SMILES string of the molecule is COc1cc(N(C)C)cc(OC)c1[C]1N(C)c2ccccc2N1C. The van der Waals surface area contributed by atoms with Crippen molar-refractivity contribution in [3.05, 3.63) is 48.1 Å². The molecule has 3 rings (SSSR count). The molecular weight excluding hydrogens is 302 g/mol. The molecule has 0 unspecified atom stereocenters. The lowest BCUT2D eigenvalue weighted by atomic mass is 10.1. The first kappa shape index (κ1) is 16.3. The number of benzene rings is 2. The molecule has 0 atom stereocenters. The fourth-order valence-electron chi connectivity index (χ4n) is 3.20. The molecule has 2 aromatic carbocycles. The zero-order valence-electron chi connectivity index (χ0n) is 15.1. The minimum absolute atomic E-state index is 0.791. The molecule has 0 aromatic heterocycles. The van der Waals surface area contributed by atoms with E-state index in [2.05, 4.69) is 48.2 Å². The molecule has 127 valence electrons. The summed E-state index contributed by atoms with van der Waals surface area (Å²) in [7, 11) is 11.5. The summed E-state index contributed by atoms with van der Waals surface area (Å²) in [5.41, 5.74) is 4.31. The fraction of sp³-hybridized carbons (Fsp3) is 0.316. The third-order valence-electron chi connectivity index (χ3n) is 4.47. The van der Waals surface area contributed by atoms with E-state index >= 15 is 0 Å². The Morgan fingerprint density at radius 3 is 1.67 bits per heavy atom. The van der Waals surface area contributed by atoms with Crippen LogP contribution in [-0.4, -0.2) is 42.4 Å².